The maximum absolute atomic E-state index is 10.0. The number of hydrogen-bond donors (Lipinski definition) is 1. The van der Waals surface area contributed by atoms with Gasteiger partial charge in [-0.3, -0.25) is 0 Å². The van der Waals surface area contributed by atoms with Gasteiger partial charge < -0.3 is 9.84 Å². The van der Waals surface area contributed by atoms with E-state index in [0.29, 0.717) is 6.61 Å². The van der Waals surface area contributed by atoms with Gasteiger partial charge in [-0.05, 0) is 13.3 Å². The van der Waals surface area contributed by atoms with Crippen molar-refractivity contribution in [1.82, 2.24) is 15.0 Å². The summed E-state index contributed by atoms with van der Waals surface area (Å²) in [5.41, 5.74) is 0.757. The van der Waals surface area contributed by atoms with Crippen molar-refractivity contribution in [2.45, 2.75) is 25.6 Å². The van der Waals surface area contributed by atoms with E-state index in [1.165, 1.54) is 0 Å². The fraction of sp³-hybridized carbons (Fsp3) is 0.778. The molecule has 3 atom stereocenters. The summed E-state index contributed by atoms with van der Waals surface area (Å²) in [5.74, 6) is 0.169. The van der Waals surface area contributed by atoms with Crippen LogP contribution in [0, 0.1) is 5.92 Å². The highest BCUT2D eigenvalue weighted by Crippen LogP contribution is 2.30. The average Bonchev–Trinajstić information content (AvgIpc) is 2.73. The quantitative estimate of drug-likeness (QED) is 0.739. The predicted octanol–water partition coefficient (Wildman–Crippen LogP) is 0.274. The van der Waals surface area contributed by atoms with E-state index in [1.54, 1.807) is 17.9 Å². The largest absolute Gasteiger partial charge is 0.386 e. The molecule has 1 N–H and O–H groups in total. The van der Waals surface area contributed by atoms with Crippen LogP contribution in [0.1, 0.15) is 25.1 Å². The van der Waals surface area contributed by atoms with Gasteiger partial charge in [-0.2, -0.15) is 0 Å². The lowest BCUT2D eigenvalue weighted by Gasteiger charge is -2.15. The summed E-state index contributed by atoms with van der Waals surface area (Å²) in [7, 11) is 1.78. The maximum Gasteiger partial charge on any atom is 0.102 e. The molecule has 2 heterocycles. The SMILES string of the molecule is CC1CC(C(O)c2cnnn2C)CO1. The number of ether oxygens (including phenoxy) is 1. The fourth-order valence-corrected chi connectivity index (χ4v) is 1.88. The normalized spacial score (nSPS) is 29.4. The number of nitrogens with zero attached hydrogens (tertiary/aromatic N) is 3. The van der Waals surface area contributed by atoms with Crippen LogP contribution in [-0.2, 0) is 11.8 Å². The lowest BCUT2D eigenvalue weighted by atomic mass is 9.97. The summed E-state index contributed by atoms with van der Waals surface area (Å²) < 4.78 is 7.02. The minimum absolute atomic E-state index is 0.169. The van der Waals surface area contributed by atoms with Crippen LogP contribution in [0.15, 0.2) is 6.20 Å². The molecule has 5 heteroatoms. The molecule has 0 spiro atoms. The topological polar surface area (TPSA) is 60.2 Å². The van der Waals surface area contributed by atoms with E-state index in [1.807, 2.05) is 6.92 Å². The Balaban J connectivity index is 2.09. The van der Waals surface area contributed by atoms with Gasteiger partial charge in [0.25, 0.3) is 0 Å². The lowest BCUT2D eigenvalue weighted by molar-refractivity contribution is 0.0759. The summed E-state index contributed by atoms with van der Waals surface area (Å²) >= 11 is 0. The van der Waals surface area contributed by atoms with Gasteiger partial charge in [0.1, 0.15) is 6.10 Å². The van der Waals surface area contributed by atoms with E-state index < -0.39 is 6.10 Å². The van der Waals surface area contributed by atoms with Crippen molar-refractivity contribution < 1.29 is 9.84 Å². The standard InChI is InChI=1S/C9H15N3O2/c1-6-3-7(5-14-6)9(13)8-4-10-11-12(8)2/h4,6-7,9,13H,3,5H2,1-2H3. The number of hydrogen-bond acceptors (Lipinski definition) is 4. The molecule has 0 radical (unpaired) electrons. The van der Waals surface area contributed by atoms with Gasteiger partial charge >= 0.3 is 0 Å². The van der Waals surface area contributed by atoms with Crippen molar-refractivity contribution in [3.63, 3.8) is 0 Å². The molecule has 0 aromatic carbocycles. The molecule has 1 aromatic rings. The smallest absolute Gasteiger partial charge is 0.102 e. The Bertz CT molecular complexity index is 313. The van der Waals surface area contributed by atoms with Gasteiger partial charge in [-0.25, -0.2) is 4.68 Å². The van der Waals surface area contributed by atoms with E-state index in [2.05, 4.69) is 10.3 Å². The first-order chi connectivity index (χ1) is 6.68. The molecular weight excluding hydrogens is 182 g/mol. The second-order valence-electron chi connectivity index (χ2n) is 3.87. The van der Waals surface area contributed by atoms with Crippen molar-refractivity contribution in [2.75, 3.05) is 6.61 Å². The van der Waals surface area contributed by atoms with Crippen LogP contribution >= 0.6 is 0 Å². The van der Waals surface area contributed by atoms with Gasteiger partial charge in [0, 0.05) is 13.0 Å². The molecule has 14 heavy (non-hydrogen) atoms. The third kappa shape index (κ3) is 1.65. The molecule has 1 saturated heterocycles. The summed E-state index contributed by atoms with van der Waals surface area (Å²) in [6.07, 6.45) is 2.23. The Kier molecular flexibility index (Phi) is 2.52. The molecule has 1 aromatic heterocycles. The molecule has 3 unspecified atom stereocenters. The average molecular weight is 197 g/mol. The van der Waals surface area contributed by atoms with Crippen LogP contribution in [0.2, 0.25) is 0 Å². The zero-order chi connectivity index (χ0) is 10.1. The second-order valence-corrected chi connectivity index (χ2v) is 3.87. The lowest BCUT2D eigenvalue weighted by Crippen LogP contribution is -2.16. The molecule has 1 aliphatic rings. The molecule has 1 fully saturated rings. The number of aliphatic hydroxyl groups is 1. The van der Waals surface area contributed by atoms with E-state index in [4.69, 9.17) is 4.74 Å². The van der Waals surface area contributed by atoms with E-state index in [9.17, 15) is 5.11 Å². The number of rotatable bonds is 2. The molecule has 1 aliphatic heterocycles. The first kappa shape index (κ1) is 9.61. The Morgan fingerprint density at radius 2 is 2.50 bits per heavy atom. The molecule has 2 rings (SSSR count). The summed E-state index contributed by atoms with van der Waals surface area (Å²) in [4.78, 5) is 0. The fourth-order valence-electron chi connectivity index (χ4n) is 1.88. The molecule has 78 valence electrons. The summed E-state index contributed by atoms with van der Waals surface area (Å²) in [5, 5.41) is 17.6. The van der Waals surface area contributed by atoms with Crippen molar-refractivity contribution in [1.29, 1.82) is 0 Å². The minimum atomic E-state index is -0.514. The molecule has 5 nitrogen and oxygen atoms in total. The Morgan fingerprint density at radius 3 is 3.00 bits per heavy atom. The zero-order valence-corrected chi connectivity index (χ0v) is 8.42. The number of aliphatic hydroxyl groups excluding tert-OH is 1. The maximum atomic E-state index is 10.0. The van der Waals surface area contributed by atoms with Crippen LogP contribution in [0.5, 0.6) is 0 Å². The Hall–Kier alpha value is -0.940. The van der Waals surface area contributed by atoms with Gasteiger partial charge in [-0.1, -0.05) is 5.21 Å². The zero-order valence-electron chi connectivity index (χ0n) is 8.42. The highest BCUT2D eigenvalue weighted by atomic mass is 16.5. The Morgan fingerprint density at radius 1 is 1.71 bits per heavy atom. The van der Waals surface area contributed by atoms with Crippen molar-refractivity contribution in [3.8, 4) is 0 Å². The first-order valence-electron chi connectivity index (χ1n) is 4.82. The molecule has 0 bridgehead atoms. The van der Waals surface area contributed by atoms with Crippen LogP contribution in [0.3, 0.4) is 0 Å². The highest BCUT2D eigenvalue weighted by Gasteiger charge is 2.30. The van der Waals surface area contributed by atoms with Gasteiger partial charge in [0.05, 0.1) is 24.6 Å². The molecule has 0 saturated carbocycles. The minimum Gasteiger partial charge on any atom is -0.386 e. The predicted molar refractivity (Wildman–Crippen MR) is 49.5 cm³/mol. The van der Waals surface area contributed by atoms with Gasteiger partial charge in [0.2, 0.25) is 0 Å². The van der Waals surface area contributed by atoms with Gasteiger partial charge in [0.15, 0.2) is 0 Å². The first-order valence-corrected chi connectivity index (χ1v) is 4.82. The van der Waals surface area contributed by atoms with Crippen molar-refractivity contribution >= 4 is 0 Å². The van der Waals surface area contributed by atoms with E-state index >= 15 is 0 Å². The number of aryl methyl sites for hydroxylation is 1. The second kappa shape index (κ2) is 3.67. The van der Waals surface area contributed by atoms with E-state index in [-0.39, 0.29) is 12.0 Å². The highest BCUT2D eigenvalue weighted by molar-refractivity contribution is 5.01. The molecular formula is C9H15N3O2. The van der Waals surface area contributed by atoms with Crippen molar-refractivity contribution in [3.05, 3.63) is 11.9 Å². The molecule has 0 aliphatic carbocycles. The summed E-state index contributed by atoms with van der Waals surface area (Å²) in [6, 6.07) is 0. The number of aromatic nitrogens is 3. The third-order valence-electron chi connectivity index (χ3n) is 2.73. The summed E-state index contributed by atoms with van der Waals surface area (Å²) in [6.45, 7) is 2.64. The van der Waals surface area contributed by atoms with Crippen LogP contribution in [0.25, 0.3) is 0 Å². The van der Waals surface area contributed by atoms with Crippen molar-refractivity contribution in [2.24, 2.45) is 13.0 Å². The van der Waals surface area contributed by atoms with Gasteiger partial charge in [-0.15, -0.1) is 5.10 Å². The Labute approximate surface area is 82.7 Å². The third-order valence-corrected chi connectivity index (χ3v) is 2.73. The molecule has 0 amide bonds. The monoisotopic (exact) mass is 197 g/mol. The van der Waals surface area contributed by atoms with E-state index in [0.717, 1.165) is 12.1 Å². The van der Waals surface area contributed by atoms with Crippen LogP contribution in [0.4, 0.5) is 0 Å². The van der Waals surface area contributed by atoms with Crippen LogP contribution in [-0.4, -0.2) is 32.8 Å². The van der Waals surface area contributed by atoms with Crippen LogP contribution < -0.4 is 0 Å².